The number of nitrogens with zero attached hydrogens (tertiary/aromatic N) is 1. The highest BCUT2D eigenvalue weighted by atomic mass is 16.4. The second kappa shape index (κ2) is 5.47. The topological polar surface area (TPSA) is 92.4 Å². The van der Waals surface area contributed by atoms with Gasteiger partial charge in [0.1, 0.15) is 11.8 Å². The van der Waals surface area contributed by atoms with E-state index in [0.717, 1.165) is 0 Å². The number of carboxylic acid groups (broad SMARTS) is 1. The molecule has 0 aliphatic heterocycles. The van der Waals surface area contributed by atoms with Gasteiger partial charge in [-0.05, 0) is 5.92 Å². The van der Waals surface area contributed by atoms with E-state index in [1.807, 2.05) is 6.92 Å². The van der Waals surface area contributed by atoms with Crippen LogP contribution in [0.15, 0.2) is 10.8 Å². The fourth-order valence-corrected chi connectivity index (χ4v) is 1.43. The van der Waals surface area contributed by atoms with E-state index in [2.05, 4.69) is 10.3 Å². The van der Waals surface area contributed by atoms with Gasteiger partial charge >= 0.3 is 5.97 Å². The molecule has 0 aliphatic rings. The SMILES string of the molecule is CCc1ocnc1C(=O)NC(C(=O)O)C(C)C. The number of aliphatic carboxylic acids is 1. The molecule has 1 unspecified atom stereocenters. The van der Waals surface area contributed by atoms with Crippen molar-refractivity contribution >= 4 is 11.9 Å². The second-order valence-corrected chi connectivity index (χ2v) is 4.01. The first-order valence-electron chi connectivity index (χ1n) is 5.43. The van der Waals surface area contributed by atoms with E-state index < -0.39 is 17.9 Å². The molecule has 0 spiro atoms. The number of aromatic nitrogens is 1. The maximum Gasteiger partial charge on any atom is 0.326 e. The van der Waals surface area contributed by atoms with Gasteiger partial charge in [0, 0.05) is 6.42 Å². The first-order chi connectivity index (χ1) is 7.97. The summed E-state index contributed by atoms with van der Waals surface area (Å²) >= 11 is 0. The van der Waals surface area contributed by atoms with Gasteiger partial charge < -0.3 is 14.8 Å². The van der Waals surface area contributed by atoms with Gasteiger partial charge in [-0.25, -0.2) is 9.78 Å². The van der Waals surface area contributed by atoms with Gasteiger partial charge in [-0.3, -0.25) is 4.79 Å². The Labute approximate surface area is 99.0 Å². The number of carbonyl (C=O) groups excluding carboxylic acids is 1. The molecule has 0 saturated carbocycles. The summed E-state index contributed by atoms with van der Waals surface area (Å²) in [6, 6.07) is -0.927. The van der Waals surface area contributed by atoms with Crippen LogP contribution in [0.3, 0.4) is 0 Å². The number of hydrogen-bond acceptors (Lipinski definition) is 4. The Morgan fingerprint density at radius 3 is 2.65 bits per heavy atom. The minimum Gasteiger partial charge on any atom is -0.480 e. The zero-order chi connectivity index (χ0) is 13.0. The van der Waals surface area contributed by atoms with E-state index in [1.165, 1.54) is 6.39 Å². The van der Waals surface area contributed by atoms with E-state index in [-0.39, 0.29) is 11.6 Å². The lowest BCUT2D eigenvalue weighted by atomic mass is 10.0. The summed E-state index contributed by atoms with van der Waals surface area (Å²) in [5, 5.41) is 11.4. The molecule has 94 valence electrons. The Morgan fingerprint density at radius 1 is 1.53 bits per heavy atom. The van der Waals surface area contributed by atoms with Crippen LogP contribution in [0.2, 0.25) is 0 Å². The molecule has 0 radical (unpaired) electrons. The monoisotopic (exact) mass is 240 g/mol. The van der Waals surface area contributed by atoms with Crippen molar-refractivity contribution in [2.45, 2.75) is 33.2 Å². The van der Waals surface area contributed by atoms with Crippen LogP contribution < -0.4 is 5.32 Å². The molecule has 0 bridgehead atoms. The van der Waals surface area contributed by atoms with Gasteiger partial charge in [-0.15, -0.1) is 0 Å². The van der Waals surface area contributed by atoms with Crippen LogP contribution in [0, 0.1) is 5.92 Å². The van der Waals surface area contributed by atoms with Crippen molar-refractivity contribution in [3.05, 3.63) is 17.8 Å². The van der Waals surface area contributed by atoms with Crippen LogP contribution in [0.5, 0.6) is 0 Å². The Kier molecular flexibility index (Phi) is 4.25. The minimum absolute atomic E-state index is 0.152. The lowest BCUT2D eigenvalue weighted by Crippen LogP contribution is -2.44. The molecule has 1 heterocycles. The van der Waals surface area contributed by atoms with Crippen molar-refractivity contribution in [2.75, 3.05) is 0 Å². The molecular formula is C11H16N2O4. The summed E-state index contributed by atoms with van der Waals surface area (Å²) < 4.78 is 5.02. The second-order valence-electron chi connectivity index (χ2n) is 4.01. The smallest absolute Gasteiger partial charge is 0.326 e. The molecule has 17 heavy (non-hydrogen) atoms. The largest absolute Gasteiger partial charge is 0.480 e. The van der Waals surface area contributed by atoms with Gasteiger partial charge in [-0.2, -0.15) is 0 Å². The zero-order valence-corrected chi connectivity index (χ0v) is 10.1. The number of nitrogens with one attached hydrogen (secondary N) is 1. The molecule has 1 aromatic rings. The summed E-state index contributed by atoms with van der Waals surface area (Å²) in [7, 11) is 0. The fourth-order valence-electron chi connectivity index (χ4n) is 1.43. The van der Waals surface area contributed by atoms with Crippen LogP contribution in [0.25, 0.3) is 0 Å². The third kappa shape index (κ3) is 3.05. The van der Waals surface area contributed by atoms with Gasteiger partial charge in [0.2, 0.25) is 0 Å². The van der Waals surface area contributed by atoms with E-state index >= 15 is 0 Å². The fraction of sp³-hybridized carbons (Fsp3) is 0.545. The van der Waals surface area contributed by atoms with Crippen LogP contribution >= 0.6 is 0 Å². The number of hydrogen-bond donors (Lipinski definition) is 2. The number of carboxylic acids is 1. The molecule has 0 aromatic carbocycles. The lowest BCUT2D eigenvalue weighted by molar-refractivity contribution is -0.140. The van der Waals surface area contributed by atoms with Crippen LogP contribution in [0.4, 0.5) is 0 Å². The first kappa shape index (κ1) is 13.2. The molecule has 0 saturated heterocycles. The van der Waals surface area contributed by atoms with Crippen LogP contribution in [-0.4, -0.2) is 28.0 Å². The molecule has 2 N–H and O–H groups in total. The highest BCUT2D eigenvalue weighted by Crippen LogP contribution is 2.09. The molecule has 1 amide bonds. The summed E-state index contributed by atoms with van der Waals surface area (Å²) in [5.74, 6) is -1.32. The van der Waals surface area contributed by atoms with Crippen molar-refractivity contribution in [1.82, 2.24) is 10.3 Å². The Morgan fingerprint density at radius 2 is 2.18 bits per heavy atom. The predicted octanol–water partition coefficient (Wildman–Crippen LogP) is 1.08. The minimum atomic E-state index is -1.06. The van der Waals surface area contributed by atoms with Crippen molar-refractivity contribution in [3.8, 4) is 0 Å². The molecule has 1 atom stereocenters. The molecular weight excluding hydrogens is 224 g/mol. The summed E-state index contributed by atoms with van der Waals surface area (Å²) in [4.78, 5) is 26.5. The average molecular weight is 240 g/mol. The third-order valence-electron chi connectivity index (χ3n) is 2.40. The molecule has 0 fully saturated rings. The molecule has 6 nitrogen and oxygen atoms in total. The van der Waals surface area contributed by atoms with E-state index in [1.54, 1.807) is 13.8 Å². The average Bonchev–Trinajstić information content (AvgIpc) is 2.72. The Balaban J connectivity index is 2.81. The molecule has 6 heteroatoms. The number of carbonyl (C=O) groups is 2. The number of oxazole rings is 1. The predicted molar refractivity (Wildman–Crippen MR) is 59.6 cm³/mol. The number of rotatable bonds is 5. The third-order valence-corrected chi connectivity index (χ3v) is 2.40. The first-order valence-corrected chi connectivity index (χ1v) is 5.43. The van der Waals surface area contributed by atoms with Crippen molar-refractivity contribution in [1.29, 1.82) is 0 Å². The summed E-state index contributed by atoms with van der Waals surface area (Å²) in [5.41, 5.74) is 0.152. The normalized spacial score (nSPS) is 12.5. The number of aryl methyl sites for hydroxylation is 1. The van der Waals surface area contributed by atoms with Gasteiger partial charge in [0.25, 0.3) is 5.91 Å². The summed E-state index contributed by atoms with van der Waals surface area (Å²) in [6.07, 6.45) is 1.71. The van der Waals surface area contributed by atoms with Crippen molar-refractivity contribution in [3.63, 3.8) is 0 Å². The Bertz CT molecular complexity index is 411. The van der Waals surface area contributed by atoms with Crippen LogP contribution in [0.1, 0.15) is 37.0 Å². The van der Waals surface area contributed by atoms with Crippen molar-refractivity contribution < 1.29 is 19.1 Å². The van der Waals surface area contributed by atoms with Crippen molar-refractivity contribution in [2.24, 2.45) is 5.92 Å². The van der Waals surface area contributed by atoms with E-state index in [9.17, 15) is 9.59 Å². The Hall–Kier alpha value is -1.85. The van der Waals surface area contributed by atoms with Gasteiger partial charge in [0.05, 0.1) is 0 Å². The van der Waals surface area contributed by atoms with Gasteiger partial charge in [-0.1, -0.05) is 20.8 Å². The quantitative estimate of drug-likeness (QED) is 0.803. The highest BCUT2D eigenvalue weighted by Gasteiger charge is 2.26. The zero-order valence-electron chi connectivity index (χ0n) is 10.1. The lowest BCUT2D eigenvalue weighted by Gasteiger charge is -2.17. The molecule has 1 rings (SSSR count). The van der Waals surface area contributed by atoms with E-state index in [0.29, 0.717) is 12.2 Å². The van der Waals surface area contributed by atoms with Crippen LogP contribution in [-0.2, 0) is 11.2 Å². The maximum atomic E-state index is 11.8. The molecule has 0 aliphatic carbocycles. The van der Waals surface area contributed by atoms with Gasteiger partial charge in [0.15, 0.2) is 12.1 Å². The standard InChI is InChI=1S/C11H16N2O4/c1-4-7-9(12-5-17-7)10(14)13-8(6(2)3)11(15)16/h5-6,8H,4H2,1-3H3,(H,13,14)(H,15,16). The molecule has 1 aromatic heterocycles. The van der Waals surface area contributed by atoms with E-state index in [4.69, 9.17) is 9.52 Å². The maximum absolute atomic E-state index is 11.8. The highest BCUT2D eigenvalue weighted by molar-refractivity contribution is 5.95. The summed E-state index contributed by atoms with van der Waals surface area (Å²) in [6.45, 7) is 5.28. The number of amides is 1.